The predicted octanol–water partition coefficient (Wildman–Crippen LogP) is 2.51. The second-order valence-electron chi connectivity index (χ2n) is 4.78. The van der Waals surface area contributed by atoms with Crippen molar-refractivity contribution in [3.63, 3.8) is 0 Å². The van der Waals surface area contributed by atoms with E-state index >= 15 is 0 Å². The van der Waals surface area contributed by atoms with Crippen molar-refractivity contribution in [1.29, 1.82) is 0 Å². The Morgan fingerprint density at radius 3 is 2.12 bits per heavy atom. The van der Waals surface area contributed by atoms with Gasteiger partial charge in [0.15, 0.2) is 5.11 Å². The molecule has 2 rings (SSSR count). The first-order chi connectivity index (χ1) is 11.9. The fraction of sp³-hybridized carbons (Fsp3) is 0.0625. The van der Waals surface area contributed by atoms with Crippen LogP contribution in [0.15, 0.2) is 48.5 Å². The average molecular weight is 359 g/mol. The smallest absolute Gasteiger partial charge is 0.337 e. The van der Waals surface area contributed by atoms with E-state index in [1.165, 1.54) is 55.6 Å². The van der Waals surface area contributed by atoms with Crippen LogP contribution < -0.4 is 10.6 Å². The van der Waals surface area contributed by atoms with Crippen LogP contribution in [0.3, 0.4) is 0 Å². The number of ether oxygens (including phenoxy) is 1. The highest BCUT2D eigenvalue weighted by molar-refractivity contribution is 7.80. The average Bonchev–Trinajstić information content (AvgIpc) is 2.61. The van der Waals surface area contributed by atoms with Gasteiger partial charge in [-0.05, 0) is 48.6 Å². The highest BCUT2D eigenvalue weighted by atomic mass is 32.1. The summed E-state index contributed by atoms with van der Waals surface area (Å²) in [6.07, 6.45) is 0. The number of methoxy groups -OCH3 is 1. The zero-order chi connectivity index (χ0) is 18.4. The van der Waals surface area contributed by atoms with Crippen LogP contribution in [0.4, 0.5) is 11.4 Å². The van der Waals surface area contributed by atoms with Crippen molar-refractivity contribution < 1.29 is 19.2 Å². The molecular weight excluding hydrogens is 346 g/mol. The quantitative estimate of drug-likeness (QED) is 0.373. The number of nitro benzene ring substituents is 1. The van der Waals surface area contributed by atoms with Crippen molar-refractivity contribution >= 4 is 40.6 Å². The fourth-order valence-corrected chi connectivity index (χ4v) is 2.09. The Bertz CT molecular complexity index is 819. The van der Waals surface area contributed by atoms with E-state index in [2.05, 4.69) is 15.4 Å². The maximum absolute atomic E-state index is 12.1. The maximum Gasteiger partial charge on any atom is 0.337 e. The normalized spacial score (nSPS) is 9.80. The lowest BCUT2D eigenvalue weighted by atomic mass is 10.1. The summed E-state index contributed by atoms with van der Waals surface area (Å²) in [6.45, 7) is 0. The summed E-state index contributed by atoms with van der Waals surface area (Å²) in [5.41, 5.74) is 1.08. The van der Waals surface area contributed by atoms with E-state index in [4.69, 9.17) is 12.2 Å². The molecule has 2 aromatic rings. The molecule has 0 spiro atoms. The molecule has 0 radical (unpaired) electrons. The third kappa shape index (κ3) is 4.82. The number of carbonyl (C=O) groups is 2. The molecule has 25 heavy (non-hydrogen) atoms. The van der Waals surface area contributed by atoms with Gasteiger partial charge in [0.2, 0.25) is 0 Å². The Kier molecular flexibility index (Phi) is 5.75. The molecule has 0 saturated carbocycles. The number of esters is 1. The van der Waals surface area contributed by atoms with E-state index in [0.717, 1.165) is 0 Å². The van der Waals surface area contributed by atoms with Crippen molar-refractivity contribution in [2.45, 2.75) is 0 Å². The molecule has 128 valence electrons. The van der Waals surface area contributed by atoms with Crippen LogP contribution in [-0.2, 0) is 4.74 Å². The third-order valence-corrected chi connectivity index (χ3v) is 3.34. The van der Waals surface area contributed by atoms with E-state index < -0.39 is 16.8 Å². The zero-order valence-corrected chi connectivity index (χ0v) is 13.8. The Labute approximate surface area is 147 Å². The highest BCUT2D eigenvalue weighted by Crippen LogP contribution is 2.15. The minimum atomic E-state index is -0.512. The van der Waals surface area contributed by atoms with Crippen molar-refractivity contribution in [3.05, 3.63) is 69.8 Å². The number of nitrogens with zero attached hydrogens (tertiary/aromatic N) is 1. The molecule has 0 heterocycles. The molecule has 0 bridgehead atoms. The lowest BCUT2D eigenvalue weighted by Crippen LogP contribution is -2.34. The van der Waals surface area contributed by atoms with Gasteiger partial charge in [-0.2, -0.15) is 0 Å². The van der Waals surface area contributed by atoms with Gasteiger partial charge in [-0.1, -0.05) is 0 Å². The maximum atomic E-state index is 12.1. The van der Waals surface area contributed by atoms with Crippen molar-refractivity contribution in [1.82, 2.24) is 5.32 Å². The Morgan fingerprint density at radius 1 is 1.04 bits per heavy atom. The van der Waals surface area contributed by atoms with Crippen LogP contribution in [-0.4, -0.2) is 29.0 Å². The molecule has 0 atom stereocenters. The lowest BCUT2D eigenvalue weighted by Gasteiger charge is -2.09. The fourth-order valence-electron chi connectivity index (χ4n) is 1.88. The first-order valence-corrected chi connectivity index (χ1v) is 7.36. The highest BCUT2D eigenvalue weighted by Gasteiger charge is 2.11. The number of anilines is 1. The first kappa shape index (κ1) is 18.0. The monoisotopic (exact) mass is 359 g/mol. The summed E-state index contributed by atoms with van der Waals surface area (Å²) in [4.78, 5) is 33.5. The van der Waals surface area contributed by atoms with Crippen LogP contribution in [0, 0.1) is 10.1 Å². The van der Waals surface area contributed by atoms with Crippen LogP contribution in [0.2, 0.25) is 0 Å². The molecule has 0 fully saturated rings. The molecule has 9 heteroatoms. The van der Waals surface area contributed by atoms with Gasteiger partial charge in [0.25, 0.3) is 11.6 Å². The summed E-state index contributed by atoms with van der Waals surface area (Å²) in [6, 6.07) is 11.5. The van der Waals surface area contributed by atoms with Gasteiger partial charge in [-0.15, -0.1) is 0 Å². The van der Waals surface area contributed by atoms with Gasteiger partial charge < -0.3 is 10.1 Å². The minimum absolute atomic E-state index is 0.0379. The summed E-state index contributed by atoms with van der Waals surface area (Å²) >= 11 is 5.03. The number of nitrogens with one attached hydrogen (secondary N) is 2. The molecule has 2 aromatic carbocycles. The van der Waals surface area contributed by atoms with Gasteiger partial charge >= 0.3 is 5.97 Å². The van der Waals surface area contributed by atoms with Crippen molar-refractivity contribution in [2.75, 3.05) is 12.4 Å². The van der Waals surface area contributed by atoms with Crippen LogP contribution in [0.5, 0.6) is 0 Å². The topological polar surface area (TPSA) is 111 Å². The number of thiocarbonyl (C=S) groups is 1. The molecule has 0 saturated heterocycles. The standard InChI is InChI=1S/C16H13N3O5S/c1-24-15(21)11-4-2-10(3-5-11)14(20)18-16(25)17-12-6-8-13(9-7-12)19(22)23/h2-9H,1H3,(H2,17,18,20,25). The van der Waals surface area contributed by atoms with E-state index in [1.54, 1.807) is 0 Å². The number of hydrogen-bond donors (Lipinski definition) is 2. The number of amides is 1. The van der Waals surface area contributed by atoms with Crippen LogP contribution in [0.1, 0.15) is 20.7 Å². The Hall–Kier alpha value is -3.33. The van der Waals surface area contributed by atoms with E-state index in [0.29, 0.717) is 16.8 Å². The van der Waals surface area contributed by atoms with Crippen molar-refractivity contribution in [2.24, 2.45) is 0 Å². The second kappa shape index (κ2) is 7.97. The number of nitro groups is 1. The number of benzene rings is 2. The molecular formula is C16H13N3O5S. The van der Waals surface area contributed by atoms with Crippen LogP contribution in [0.25, 0.3) is 0 Å². The number of hydrogen-bond acceptors (Lipinski definition) is 6. The molecule has 8 nitrogen and oxygen atoms in total. The second-order valence-corrected chi connectivity index (χ2v) is 5.19. The largest absolute Gasteiger partial charge is 0.465 e. The number of rotatable bonds is 4. The molecule has 0 aliphatic heterocycles. The van der Waals surface area contributed by atoms with Gasteiger partial charge in [-0.25, -0.2) is 4.79 Å². The van der Waals surface area contributed by atoms with Gasteiger partial charge in [0.05, 0.1) is 17.6 Å². The molecule has 0 unspecified atom stereocenters. The third-order valence-electron chi connectivity index (χ3n) is 3.13. The van der Waals surface area contributed by atoms with E-state index in [1.807, 2.05) is 0 Å². The van der Waals surface area contributed by atoms with Gasteiger partial charge in [-0.3, -0.25) is 20.2 Å². The molecule has 2 N–H and O–H groups in total. The Morgan fingerprint density at radius 2 is 1.60 bits per heavy atom. The van der Waals surface area contributed by atoms with Crippen molar-refractivity contribution in [3.8, 4) is 0 Å². The number of carbonyl (C=O) groups excluding carboxylic acids is 2. The summed E-state index contributed by atoms with van der Waals surface area (Å²) < 4.78 is 4.58. The van der Waals surface area contributed by atoms with E-state index in [9.17, 15) is 19.7 Å². The Balaban J connectivity index is 1.96. The van der Waals surface area contributed by atoms with E-state index in [-0.39, 0.29) is 10.8 Å². The lowest BCUT2D eigenvalue weighted by molar-refractivity contribution is -0.384. The zero-order valence-electron chi connectivity index (χ0n) is 13.0. The molecule has 1 amide bonds. The predicted molar refractivity (Wildman–Crippen MR) is 94.6 cm³/mol. The van der Waals surface area contributed by atoms with Gasteiger partial charge in [0, 0.05) is 23.4 Å². The molecule has 0 aromatic heterocycles. The summed E-state index contributed by atoms with van der Waals surface area (Å²) in [5.74, 6) is -0.960. The SMILES string of the molecule is COC(=O)c1ccc(C(=O)NC(=S)Nc2ccc([N+](=O)[O-])cc2)cc1. The molecule has 0 aliphatic carbocycles. The number of non-ortho nitro benzene ring substituents is 1. The minimum Gasteiger partial charge on any atom is -0.465 e. The van der Waals surface area contributed by atoms with Crippen LogP contribution >= 0.6 is 12.2 Å². The summed E-state index contributed by atoms with van der Waals surface area (Å²) in [5, 5.41) is 15.9. The van der Waals surface area contributed by atoms with Gasteiger partial charge in [0.1, 0.15) is 0 Å². The first-order valence-electron chi connectivity index (χ1n) is 6.96. The summed E-state index contributed by atoms with van der Waals surface area (Å²) in [7, 11) is 1.27. The molecule has 0 aliphatic rings.